The lowest BCUT2D eigenvalue weighted by Crippen LogP contribution is -2.40. The van der Waals surface area contributed by atoms with Gasteiger partial charge in [0.15, 0.2) is 0 Å². The number of aromatic nitrogens is 2. The second kappa shape index (κ2) is 6.12. The third-order valence-electron chi connectivity index (χ3n) is 4.46. The Morgan fingerprint density at radius 3 is 3.00 bits per heavy atom. The van der Waals surface area contributed by atoms with Gasteiger partial charge in [-0.15, -0.1) is 11.3 Å². The van der Waals surface area contributed by atoms with Crippen LogP contribution in [0, 0.1) is 6.92 Å². The zero-order chi connectivity index (χ0) is 15.7. The third kappa shape index (κ3) is 2.75. The first-order chi connectivity index (χ1) is 10.6. The highest BCUT2D eigenvalue weighted by Gasteiger charge is 2.31. The highest BCUT2D eigenvalue weighted by Crippen LogP contribution is 2.34. The van der Waals surface area contributed by atoms with E-state index in [2.05, 4.69) is 27.9 Å². The van der Waals surface area contributed by atoms with Crippen molar-refractivity contribution in [2.75, 3.05) is 6.54 Å². The van der Waals surface area contributed by atoms with Crippen molar-refractivity contribution in [3.8, 4) is 0 Å². The molecule has 1 fully saturated rings. The van der Waals surface area contributed by atoms with Crippen molar-refractivity contribution >= 4 is 17.4 Å². The van der Waals surface area contributed by atoms with E-state index in [4.69, 9.17) is 0 Å². The average molecular weight is 318 g/mol. The van der Waals surface area contributed by atoms with Crippen LogP contribution < -0.4 is 5.32 Å². The molecule has 0 bridgehead atoms. The predicted molar refractivity (Wildman–Crippen MR) is 87.9 cm³/mol. The maximum absolute atomic E-state index is 12.6. The molecule has 0 unspecified atom stereocenters. The van der Waals surface area contributed by atoms with Crippen molar-refractivity contribution < 1.29 is 4.79 Å². The van der Waals surface area contributed by atoms with Gasteiger partial charge in [-0.05, 0) is 38.1 Å². The van der Waals surface area contributed by atoms with Gasteiger partial charge in [0.05, 0.1) is 18.3 Å². The summed E-state index contributed by atoms with van der Waals surface area (Å²) in [5.74, 6) is 0. The van der Waals surface area contributed by atoms with Gasteiger partial charge >= 0.3 is 6.03 Å². The first kappa shape index (κ1) is 15.1. The number of carbonyl (C=O) groups is 1. The molecular formula is C16H22N4OS. The Morgan fingerprint density at radius 2 is 2.36 bits per heavy atom. The van der Waals surface area contributed by atoms with Crippen LogP contribution in [0.5, 0.6) is 0 Å². The van der Waals surface area contributed by atoms with Gasteiger partial charge in [0.25, 0.3) is 0 Å². The Balaban J connectivity index is 1.70. The standard InChI is InChI=1S/C16H22N4OS/c1-11(13-10-17-19(3)12(13)2)18-16(21)20-8-4-6-14(20)15-7-5-9-22-15/h5,7,9-11,14H,4,6,8H2,1-3H3,(H,18,21)/t11-,14+/m0/s1. The second-order valence-corrected chi connectivity index (χ2v) is 6.83. The molecule has 1 N–H and O–H groups in total. The highest BCUT2D eigenvalue weighted by molar-refractivity contribution is 7.10. The number of likely N-dealkylation sites (tertiary alicyclic amines) is 1. The van der Waals surface area contributed by atoms with Crippen molar-refractivity contribution in [1.29, 1.82) is 0 Å². The van der Waals surface area contributed by atoms with Gasteiger partial charge in [0.2, 0.25) is 0 Å². The summed E-state index contributed by atoms with van der Waals surface area (Å²) in [6.45, 7) is 4.86. The number of amides is 2. The molecule has 2 atom stereocenters. The maximum atomic E-state index is 12.6. The molecule has 6 heteroatoms. The van der Waals surface area contributed by atoms with Crippen LogP contribution in [0.2, 0.25) is 0 Å². The lowest BCUT2D eigenvalue weighted by atomic mass is 10.1. The van der Waals surface area contributed by atoms with E-state index in [9.17, 15) is 4.79 Å². The van der Waals surface area contributed by atoms with E-state index in [-0.39, 0.29) is 18.1 Å². The van der Waals surface area contributed by atoms with E-state index >= 15 is 0 Å². The molecule has 1 aliphatic rings. The summed E-state index contributed by atoms with van der Waals surface area (Å²) >= 11 is 1.73. The number of nitrogens with zero attached hydrogens (tertiary/aromatic N) is 3. The van der Waals surface area contributed by atoms with Crippen molar-refractivity contribution in [3.05, 3.63) is 39.8 Å². The Morgan fingerprint density at radius 1 is 1.55 bits per heavy atom. The van der Waals surface area contributed by atoms with Gasteiger partial charge in [0.1, 0.15) is 0 Å². The van der Waals surface area contributed by atoms with Crippen LogP contribution >= 0.6 is 11.3 Å². The molecule has 1 saturated heterocycles. The summed E-state index contributed by atoms with van der Waals surface area (Å²) < 4.78 is 1.84. The number of carbonyl (C=O) groups excluding carboxylic acids is 1. The molecule has 1 aliphatic heterocycles. The number of hydrogen-bond acceptors (Lipinski definition) is 3. The summed E-state index contributed by atoms with van der Waals surface area (Å²) in [6, 6.07) is 4.38. The van der Waals surface area contributed by atoms with Crippen LogP contribution in [0.3, 0.4) is 0 Å². The van der Waals surface area contributed by atoms with E-state index < -0.39 is 0 Å². The normalized spacial score (nSPS) is 19.4. The molecule has 0 aromatic carbocycles. The maximum Gasteiger partial charge on any atom is 0.318 e. The molecule has 0 aliphatic carbocycles. The topological polar surface area (TPSA) is 50.2 Å². The molecule has 0 saturated carbocycles. The number of aryl methyl sites for hydroxylation is 1. The number of nitrogens with one attached hydrogen (secondary N) is 1. The smallest absolute Gasteiger partial charge is 0.318 e. The van der Waals surface area contributed by atoms with Crippen molar-refractivity contribution in [2.24, 2.45) is 7.05 Å². The highest BCUT2D eigenvalue weighted by atomic mass is 32.1. The lowest BCUT2D eigenvalue weighted by molar-refractivity contribution is 0.190. The third-order valence-corrected chi connectivity index (χ3v) is 5.44. The molecule has 3 rings (SSSR count). The minimum atomic E-state index is -0.0363. The first-order valence-corrected chi connectivity index (χ1v) is 8.55. The van der Waals surface area contributed by atoms with Crippen molar-refractivity contribution in [2.45, 2.75) is 38.8 Å². The zero-order valence-electron chi connectivity index (χ0n) is 13.2. The Labute approximate surface area is 134 Å². The minimum absolute atomic E-state index is 0.0200. The van der Waals surface area contributed by atoms with Gasteiger partial charge < -0.3 is 10.2 Å². The molecule has 118 valence electrons. The van der Waals surface area contributed by atoms with Crippen LogP contribution in [0.4, 0.5) is 4.79 Å². The Kier molecular flexibility index (Phi) is 4.20. The quantitative estimate of drug-likeness (QED) is 0.943. The fraction of sp³-hybridized carbons (Fsp3) is 0.500. The summed E-state index contributed by atoms with van der Waals surface area (Å²) in [4.78, 5) is 15.9. The zero-order valence-corrected chi connectivity index (χ0v) is 14.1. The van der Waals surface area contributed by atoms with Crippen LogP contribution in [0.1, 0.15) is 48.0 Å². The van der Waals surface area contributed by atoms with Gasteiger partial charge in [-0.3, -0.25) is 4.68 Å². The fourth-order valence-corrected chi connectivity index (χ4v) is 3.95. The SMILES string of the molecule is Cc1c([C@H](C)NC(=O)N2CCC[C@@H]2c2cccs2)cnn1C. The predicted octanol–water partition coefficient (Wildman–Crippen LogP) is 3.40. The summed E-state index contributed by atoms with van der Waals surface area (Å²) in [6.07, 6.45) is 3.95. The van der Waals surface area contributed by atoms with Crippen LogP contribution in [-0.2, 0) is 7.05 Å². The average Bonchev–Trinajstić information content (AvgIpc) is 3.20. The van der Waals surface area contributed by atoms with E-state index in [0.29, 0.717) is 0 Å². The number of hydrogen-bond donors (Lipinski definition) is 1. The molecule has 2 aromatic heterocycles. The minimum Gasteiger partial charge on any atom is -0.331 e. The lowest BCUT2D eigenvalue weighted by Gasteiger charge is -2.26. The second-order valence-electron chi connectivity index (χ2n) is 5.85. The molecule has 2 aromatic rings. The van der Waals surface area contributed by atoms with Gasteiger partial charge in [0, 0.05) is 29.7 Å². The molecule has 22 heavy (non-hydrogen) atoms. The Bertz CT molecular complexity index is 649. The van der Waals surface area contributed by atoms with E-state index in [0.717, 1.165) is 30.6 Å². The summed E-state index contributed by atoms with van der Waals surface area (Å²) in [5, 5.41) is 9.45. The molecule has 0 radical (unpaired) electrons. The largest absolute Gasteiger partial charge is 0.331 e. The van der Waals surface area contributed by atoms with Gasteiger partial charge in [-0.1, -0.05) is 6.07 Å². The van der Waals surface area contributed by atoms with Crippen LogP contribution in [-0.4, -0.2) is 27.3 Å². The monoisotopic (exact) mass is 318 g/mol. The fourth-order valence-electron chi connectivity index (χ4n) is 3.07. The number of rotatable bonds is 3. The summed E-state index contributed by atoms with van der Waals surface area (Å²) in [7, 11) is 1.92. The Hall–Kier alpha value is -1.82. The van der Waals surface area contributed by atoms with Gasteiger partial charge in [-0.2, -0.15) is 5.10 Å². The molecule has 5 nitrogen and oxygen atoms in total. The van der Waals surface area contributed by atoms with E-state index in [1.54, 1.807) is 11.3 Å². The van der Waals surface area contributed by atoms with E-state index in [1.807, 2.05) is 36.7 Å². The summed E-state index contributed by atoms with van der Waals surface area (Å²) in [5.41, 5.74) is 2.16. The molecule has 0 spiro atoms. The van der Waals surface area contributed by atoms with Gasteiger partial charge in [-0.25, -0.2) is 4.79 Å². The molecule has 2 amide bonds. The molecular weight excluding hydrogens is 296 g/mol. The first-order valence-electron chi connectivity index (χ1n) is 7.67. The number of urea groups is 1. The van der Waals surface area contributed by atoms with Crippen LogP contribution in [0.15, 0.2) is 23.7 Å². The van der Waals surface area contributed by atoms with Crippen molar-refractivity contribution in [3.63, 3.8) is 0 Å². The molecule has 3 heterocycles. The van der Waals surface area contributed by atoms with Crippen LogP contribution in [0.25, 0.3) is 0 Å². The number of thiophene rings is 1. The van der Waals surface area contributed by atoms with Crippen molar-refractivity contribution in [1.82, 2.24) is 20.0 Å². The van der Waals surface area contributed by atoms with E-state index in [1.165, 1.54) is 4.88 Å².